The van der Waals surface area contributed by atoms with Crippen LogP contribution < -0.4 is 10.4 Å². The number of carboxylic acid groups (broad SMARTS) is 1. The maximum atomic E-state index is 11.6. The average molecular weight is 289 g/mol. The van der Waals surface area contributed by atoms with Gasteiger partial charge in [-0.2, -0.15) is 5.26 Å². The summed E-state index contributed by atoms with van der Waals surface area (Å²) < 4.78 is 5.01. The second kappa shape index (κ2) is 6.75. The lowest BCUT2D eigenvalue weighted by atomic mass is 10.0. The van der Waals surface area contributed by atoms with Crippen LogP contribution >= 0.6 is 0 Å². The standard InChI is InChI=1S/C15H18N2O4/c1-15(2,3)21-14(20)17-12(13(18)19)8-10-5-4-6-11(7-10)9-16/h4-7,12H,8H2,1-3H3,(H,17,20)(H,18,19)/p-1/t12-/m1/s1. The van der Waals surface area contributed by atoms with Gasteiger partial charge < -0.3 is 20.0 Å². The van der Waals surface area contributed by atoms with E-state index >= 15 is 0 Å². The minimum Gasteiger partial charge on any atom is -0.548 e. The summed E-state index contributed by atoms with van der Waals surface area (Å²) in [5.41, 5.74) is 0.308. The summed E-state index contributed by atoms with van der Waals surface area (Å²) in [5.74, 6) is -1.41. The van der Waals surface area contributed by atoms with Crippen molar-refractivity contribution in [2.45, 2.75) is 38.8 Å². The Morgan fingerprint density at radius 3 is 2.62 bits per heavy atom. The van der Waals surface area contributed by atoms with Gasteiger partial charge in [-0.15, -0.1) is 0 Å². The largest absolute Gasteiger partial charge is 0.548 e. The molecule has 0 saturated carbocycles. The van der Waals surface area contributed by atoms with E-state index in [0.717, 1.165) is 0 Å². The Bertz CT molecular complexity index is 570. The fraction of sp³-hybridized carbons (Fsp3) is 0.400. The van der Waals surface area contributed by atoms with Crippen LogP contribution in [0.3, 0.4) is 0 Å². The first-order valence-corrected chi connectivity index (χ1v) is 6.40. The van der Waals surface area contributed by atoms with Crippen LogP contribution in [0.4, 0.5) is 4.79 Å². The summed E-state index contributed by atoms with van der Waals surface area (Å²) in [6.45, 7) is 5.03. The van der Waals surface area contributed by atoms with Crippen LogP contribution in [0.25, 0.3) is 0 Å². The Hall–Kier alpha value is -2.55. The van der Waals surface area contributed by atoms with Gasteiger partial charge in [-0.25, -0.2) is 4.79 Å². The molecule has 0 aliphatic heterocycles. The minimum absolute atomic E-state index is 0.0110. The predicted octanol–water partition coefficient (Wildman–Crippen LogP) is 0.744. The van der Waals surface area contributed by atoms with Crippen molar-refractivity contribution in [2.75, 3.05) is 0 Å². The topological polar surface area (TPSA) is 102 Å². The second-order valence-electron chi connectivity index (χ2n) is 5.53. The zero-order valence-electron chi connectivity index (χ0n) is 12.2. The number of amides is 1. The monoisotopic (exact) mass is 289 g/mol. The smallest absolute Gasteiger partial charge is 0.408 e. The second-order valence-corrected chi connectivity index (χ2v) is 5.53. The van der Waals surface area contributed by atoms with Crippen molar-refractivity contribution in [1.82, 2.24) is 5.32 Å². The minimum atomic E-state index is -1.41. The number of aliphatic carboxylic acids is 1. The van der Waals surface area contributed by atoms with Crippen molar-refractivity contribution in [2.24, 2.45) is 0 Å². The molecule has 0 heterocycles. The van der Waals surface area contributed by atoms with Gasteiger partial charge in [0.2, 0.25) is 0 Å². The van der Waals surface area contributed by atoms with E-state index in [1.54, 1.807) is 45.0 Å². The van der Waals surface area contributed by atoms with Crippen molar-refractivity contribution in [3.05, 3.63) is 35.4 Å². The lowest BCUT2D eigenvalue weighted by molar-refractivity contribution is -0.308. The number of carbonyl (C=O) groups excluding carboxylic acids is 2. The number of carboxylic acids is 1. The van der Waals surface area contributed by atoms with E-state index in [1.165, 1.54) is 0 Å². The quantitative estimate of drug-likeness (QED) is 0.880. The van der Waals surface area contributed by atoms with Gasteiger partial charge in [0.05, 0.1) is 23.6 Å². The molecule has 0 spiro atoms. The van der Waals surface area contributed by atoms with Crippen LogP contribution in [0.2, 0.25) is 0 Å². The van der Waals surface area contributed by atoms with Crippen molar-refractivity contribution in [3.63, 3.8) is 0 Å². The Balaban J connectivity index is 2.77. The molecular formula is C15H17N2O4-. The summed E-state index contributed by atoms with van der Waals surface area (Å²) in [5, 5.41) is 22.2. The third kappa shape index (κ3) is 5.95. The van der Waals surface area contributed by atoms with E-state index < -0.39 is 23.7 Å². The highest BCUT2D eigenvalue weighted by atomic mass is 16.6. The van der Waals surface area contributed by atoms with Gasteiger partial charge in [0, 0.05) is 0 Å². The van der Waals surface area contributed by atoms with Gasteiger partial charge in [-0.1, -0.05) is 12.1 Å². The van der Waals surface area contributed by atoms with Crippen molar-refractivity contribution >= 4 is 12.1 Å². The van der Waals surface area contributed by atoms with E-state index in [2.05, 4.69) is 5.32 Å². The summed E-state index contributed by atoms with van der Waals surface area (Å²) in [4.78, 5) is 22.7. The molecule has 0 aromatic heterocycles. The van der Waals surface area contributed by atoms with E-state index in [0.29, 0.717) is 11.1 Å². The fourth-order valence-corrected chi connectivity index (χ4v) is 1.65. The number of ether oxygens (including phenoxy) is 1. The van der Waals surface area contributed by atoms with Crippen LogP contribution in [0.15, 0.2) is 24.3 Å². The highest BCUT2D eigenvalue weighted by Gasteiger charge is 2.20. The number of nitrogens with zero attached hydrogens (tertiary/aromatic N) is 1. The average Bonchev–Trinajstić information content (AvgIpc) is 2.36. The molecule has 0 saturated heterocycles. The zero-order chi connectivity index (χ0) is 16.0. The Morgan fingerprint density at radius 1 is 1.43 bits per heavy atom. The molecule has 112 valence electrons. The summed E-state index contributed by atoms with van der Waals surface area (Å²) in [6.07, 6.45) is -0.815. The highest BCUT2D eigenvalue weighted by Crippen LogP contribution is 2.09. The highest BCUT2D eigenvalue weighted by molar-refractivity contribution is 5.79. The van der Waals surface area contributed by atoms with E-state index in [1.807, 2.05) is 6.07 Å². The zero-order valence-corrected chi connectivity index (χ0v) is 12.2. The van der Waals surface area contributed by atoms with Gasteiger partial charge >= 0.3 is 6.09 Å². The maximum Gasteiger partial charge on any atom is 0.408 e. The third-order valence-electron chi connectivity index (χ3n) is 2.47. The Kier molecular flexibility index (Phi) is 5.30. The summed E-state index contributed by atoms with van der Waals surface area (Å²) in [6, 6.07) is 7.23. The number of nitriles is 1. The van der Waals surface area contributed by atoms with Crippen LogP contribution in [-0.4, -0.2) is 23.7 Å². The lowest BCUT2D eigenvalue weighted by Gasteiger charge is -2.24. The Labute approximate surface area is 123 Å². The molecule has 1 aromatic rings. The van der Waals surface area contributed by atoms with Gasteiger partial charge in [0.25, 0.3) is 0 Å². The summed E-state index contributed by atoms with van der Waals surface area (Å²) >= 11 is 0. The number of rotatable bonds is 4. The van der Waals surface area contributed by atoms with Crippen LogP contribution in [-0.2, 0) is 16.0 Å². The van der Waals surface area contributed by atoms with Gasteiger partial charge in [-0.3, -0.25) is 0 Å². The molecule has 6 heteroatoms. The molecule has 0 unspecified atom stereocenters. The fourth-order valence-electron chi connectivity index (χ4n) is 1.65. The summed E-state index contributed by atoms with van der Waals surface area (Å²) in [7, 11) is 0. The van der Waals surface area contributed by atoms with Gasteiger partial charge in [0.15, 0.2) is 0 Å². The molecule has 1 N–H and O–H groups in total. The predicted molar refractivity (Wildman–Crippen MR) is 73.0 cm³/mol. The molecule has 1 amide bonds. The number of alkyl carbamates (subject to hydrolysis) is 1. The first-order chi connectivity index (χ1) is 9.71. The van der Waals surface area contributed by atoms with Crippen LogP contribution in [0.1, 0.15) is 31.9 Å². The SMILES string of the molecule is CC(C)(C)OC(=O)N[C@H](Cc1cccc(C#N)c1)C(=O)[O-]. The van der Waals surface area contributed by atoms with E-state index in [4.69, 9.17) is 10.00 Å². The number of nitrogens with one attached hydrogen (secondary N) is 1. The molecule has 1 aromatic carbocycles. The number of hydrogen-bond donors (Lipinski definition) is 1. The molecule has 6 nitrogen and oxygen atoms in total. The van der Waals surface area contributed by atoms with Gasteiger partial charge in [-0.05, 0) is 44.9 Å². The number of benzene rings is 1. The lowest BCUT2D eigenvalue weighted by Crippen LogP contribution is -2.50. The molecule has 0 radical (unpaired) electrons. The molecular weight excluding hydrogens is 272 g/mol. The van der Waals surface area contributed by atoms with Crippen molar-refractivity contribution < 1.29 is 19.4 Å². The normalized spacial score (nSPS) is 12.1. The van der Waals surface area contributed by atoms with E-state index in [-0.39, 0.29) is 6.42 Å². The molecule has 0 aliphatic carbocycles. The molecule has 0 bridgehead atoms. The van der Waals surface area contributed by atoms with E-state index in [9.17, 15) is 14.7 Å². The Morgan fingerprint density at radius 2 is 2.10 bits per heavy atom. The first kappa shape index (κ1) is 16.5. The first-order valence-electron chi connectivity index (χ1n) is 6.40. The van der Waals surface area contributed by atoms with Crippen molar-refractivity contribution in [3.8, 4) is 6.07 Å². The number of hydrogen-bond acceptors (Lipinski definition) is 5. The maximum absolute atomic E-state index is 11.6. The van der Waals surface area contributed by atoms with Crippen LogP contribution in [0.5, 0.6) is 0 Å². The number of carbonyl (C=O) groups is 2. The third-order valence-corrected chi connectivity index (χ3v) is 2.47. The molecule has 1 rings (SSSR count). The molecule has 1 atom stereocenters. The molecule has 0 aliphatic rings. The molecule has 0 fully saturated rings. The van der Waals surface area contributed by atoms with Gasteiger partial charge in [0.1, 0.15) is 5.60 Å². The molecule has 21 heavy (non-hydrogen) atoms. The van der Waals surface area contributed by atoms with Crippen LogP contribution in [0, 0.1) is 11.3 Å². The van der Waals surface area contributed by atoms with Crippen molar-refractivity contribution in [1.29, 1.82) is 5.26 Å².